The van der Waals surface area contributed by atoms with Gasteiger partial charge in [-0.15, -0.1) is 0 Å². The van der Waals surface area contributed by atoms with Gasteiger partial charge in [0.25, 0.3) is 12.6 Å². The lowest BCUT2D eigenvalue weighted by Crippen LogP contribution is -2.32. The molecule has 92 valence electrons. The van der Waals surface area contributed by atoms with Crippen LogP contribution in [0.2, 0.25) is 0 Å². The normalized spacial score (nSPS) is 27.5. The van der Waals surface area contributed by atoms with Gasteiger partial charge in [0, 0.05) is 0 Å². The Labute approximate surface area is 96.5 Å². The molecule has 0 aliphatic carbocycles. The van der Waals surface area contributed by atoms with Crippen molar-refractivity contribution in [2.75, 3.05) is 13.2 Å². The molecule has 2 aliphatic rings. The Morgan fingerprint density at radius 1 is 1.00 bits per heavy atom. The first-order chi connectivity index (χ1) is 8.06. The van der Waals surface area contributed by atoms with E-state index >= 15 is 0 Å². The molecule has 0 aromatic rings. The van der Waals surface area contributed by atoms with Crippen LogP contribution in [-0.4, -0.2) is 37.7 Å². The predicted octanol–water partition coefficient (Wildman–Crippen LogP) is -0.171. The molecule has 7 heteroatoms. The maximum Gasteiger partial charge on any atom is 0.384 e. The Morgan fingerprint density at radius 3 is 1.71 bits per heavy atom. The van der Waals surface area contributed by atoms with E-state index in [1.165, 1.54) is 0 Å². The Hall–Kier alpha value is -1.86. The second-order valence-electron chi connectivity index (χ2n) is 3.34. The van der Waals surface area contributed by atoms with Gasteiger partial charge in [-0.3, -0.25) is 0 Å². The average molecular weight is 242 g/mol. The van der Waals surface area contributed by atoms with E-state index in [9.17, 15) is 9.59 Å². The molecule has 2 unspecified atom stereocenters. The quantitative estimate of drug-likeness (QED) is 0.491. The summed E-state index contributed by atoms with van der Waals surface area (Å²) in [7, 11) is 0. The Kier molecular flexibility index (Phi) is 3.12. The molecule has 0 aromatic heterocycles. The van der Waals surface area contributed by atoms with Crippen molar-refractivity contribution in [3.05, 3.63) is 24.7 Å². The molecule has 0 N–H and O–H groups in total. The lowest BCUT2D eigenvalue weighted by atomic mass is 10.6. The second kappa shape index (κ2) is 4.56. The van der Waals surface area contributed by atoms with E-state index < -0.39 is 24.5 Å². The zero-order chi connectivity index (χ0) is 12.4. The largest absolute Gasteiger partial charge is 0.456 e. The van der Waals surface area contributed by atoms with E-state index in [0.29, 0.717) is 11.5 Å². The molecule has 0 radical (unpaired) electrons. The summed E-state index contributed by atoms with van der Waals surface area (Å²) in [4.78, 5) is 22.7. The number of carbonyl (C=O) groups is 2. The standard InChI is InChI=1S/C10H10O7/c1-5-3-13-9(15-5)7(11)17-8(12)10-14-4-6(2)16-10/h9-10H,1-4H2. The summed E-state index contributed by atoms with van der Waals surface area (Å²) < 4.78 is 23.9. The van der Waals surface area contributed by atoms with Crippen LogP contribution in [0.4, 0.5) is 0 Å². The van der Waals surface area contributed by atoms with Crippen molar-refractivity contribution < 1.29 is 33.3 Å². The third-order valence-electron chi connectivity index (χ3n) is 1.92. The highest BCUT2D eigenvalue weighted by atomic mass is 16.8. The van der Waals surface area contributed by atoms with Crippen molar-refractivity contribution in [2.45, 2.75) is 12.6 Å². The van der Waals surface area contributed by atoms with Crippen molar-refractivity contribution in [2.24, 2.45) is 0 Å². The summed E-state index contributed by atoms with van der Waals surface area (Å²) >= 11 is 0. The summed E-state index contributed by atoms with van der Waals surface area (Å²) in [5.41, 5.74) is 0. The van der Waals surface area contributed by atoms with E-state index in [4.69, 9.17) is 18.9 Å². The van der Waals surface area contributed by atoms with Crippen LogP contribution < -0.4 is 0 Å². The third kappa shape index (κ3) is 2.63. The molecule has 7 nitrogen and oxygen atoms in total. The first kappa shape index (κ1) is 11.6. The molecule has 0 bridgehead atoms. The first-order valence-corrected chi connectivity index (χ1v) is 4.74. The fourth-order valence-corrected chi connectivity index (χ4v) is 1.20. The lowest BCUT2D eigenvalue weighted by Gasteiger charge is -2.10. The SMILES string of the molecule is C=C1COC(C(=O)OC(=O)C2OCC(=C)O2)O1. The minimum Gasteiger partial charge on any atom is -0.456 e. The fraction of sp³-hybridized carbons (Fsp3) is 0.400. The molecular formula is C10H10O7. The van der Waals surface area contributed by atoms with Gasteiger partial charge in [0.05, 0.1) is 0 Å². The van der Waals surface area contributed by atoms with E-state index in [1.54, 1.807) is 0 Å². The monoisotopic (exact) mass is 242 g/mol. The molecule has 0 aromatic carbocycles. The van der Waals surface area contributed by atoms with Gasteiger partial charge >= 0.3 is 11.9 Å². The molecule has 2 aliphatic heterocycles. The van der Waals surface area contributed by atoms with E-state index in [0.717, 1.165) is 0 Å². The number of hydrogen-bond acceptors (Lipinski definition) is 7. The van der Waals surface area contributed by atoms with Gasteiger partial charge in [-0.2, -0.15) is 0 Å². The number of rotatable bonds is 2. The highest BCUT2D eigenvalue weighted by Crippen LogP contribution is 2.17. The van der Waals surface area contributed by atoms with Crippen LogP contribution in [0.15, 0.2) is 24.7 Å². The molecular weight excluding hydrogens is 232 g/mol. The van der Waals surface area contributed by atoms with Gasteiger partial charge in [-0.1, -0.05) is 13.2 Å². The van der Waals surface area contributed by atoms with Crippen LogP contribution in [-0.2, 0) is 33.3 Å². The van der Waals surface area contributed by atoms with Gasteiger partial charge < -0.3 is 23.7 Å². The van der Waals surface area contributed by atoms with Crippen LogP contribution >= 0.6 is 0 Å². The predicted molar refractivity (Wildman–Crippen MR) is 51.0 cm³/mol. The molecule has 0 amide bonds. The first-order valence-electron chi connectivity index (χ1n) is 4.74. The number of carbonyl (C=O) groups excluding carboxylic acids is 2. The number of hydrogen-bond donors (Lipinski definition) is 0. The second-order valence-corrected chi connectivity index (χ2v) is 3.34. The molecule has 0 saturated carbocycles. The van der Waals surface area contributed by atoms with Crippen LogP contribution in [0, 0.1) is 0 Å². The van der Waals surface area contributed by atoms with Gasteiger partial charge in [0.15, 0.2) is 0 Å². The van der Waals surface area contributed by atoms with Crippen molar-refractivity contribution in [1.82, 2.24) is 0 Å². The van der Waals surface area contributed by atoms with Gasteiger partial charge in [0.1, 0.15) is 24.7 Å². The van der Waals surface area contributed by atoms with Gasteiger partial charge in [-0.05, 0) is 0 Å². The summed E-state index contributed by atoms with van der Waals surface area (Å²) in [6.45, 7) is 7.07. The van der Waals surface area contributed by atoms with Crippen LogP contribution in [0.5, 0.6) is 0 Å². The summed E-state index contributed by atoms with van der Waals surface area (Å²) in [5.74, 6) is -1.36. The minimum atomic E-state index is -1.27. The topological polar surface area (TPSA) is 80.3 Å². The van der Waals surface area contributed by atoms with Crippen molar-refractivity contribution in [3.8, 4) is 0 Å². The number of ether oxygens (including phenoxy) is 5. The highest BCUT2D eigenvalue weighted by molar-refractivity contribution is 5.89. The zero-order valence-electron chi connectivity index (χ0n) is 8.84. The smallest absolute Gasteiger partial charge is 0.384 e. The Balaban J connectivity index is 1.84. The summed E-state index contributed by atoms with van der Waals surface area (Å²) in [6, 6.07) is 0. The third-order valence-corrected chi connectivity index (χ3v) is 1.92. The highest BCUT2D eigenvalue weighted by Gasteiger charge is 2.36. The van der Waals surface area contributed by atoms with Crippen molar-refractivity contribution in [3.63, 3.8) is 0 Å². The minimum absolute atomic E-state index is 0.0845. The van der Waals surface area contributed by atoms with E-state index in [1.807, 2.05) is 0 Å². The molecule has 17 heavy (non-hydrogen) atoms. The van der Waals surface area contributed by atoms with Gasteiger partial charge in [-0.25, -0.2) is 9.59 Å². The van der Waals surface area contributed by atoms with Crippen LogP contribution in [0.1, 0.15) is 0 Å². The number of esters is 2. The van der Waals surface area contributed by atoms with E-state index in [2.05, 4.69) is 17.9 Å². The molecule has 2 saturated heterocycles. The van der Waals surface area contributed by atoms with Gasteiger partial charge in [0.2, 0.25) is 0 Å². The van der Waals surface area contributed by atoms with Crippen LogP contribution in [0.3, 0.4) is 0 Å². The van der Waals surface area contributed by atoms with Crippen molar-refractivity contribution >= 4 is 11.9 Å². The Morgan fingerprint density at radius 2 is 1.41 bits per heavy atom. The summed E-state index contributed by atoms with van der Waals surface area (Å²) in [5, 5.41) is 0. The molecule has 2 atom stereocenters. The van der Waals surface area contributed by atoms with E-state index in [-0.39, 0.29) is 13.2 Å². The molecule has 0 spiro atoms. The molecule has 2 rings (SSSR count). The maximum absolute atomic E-state index is 11.4. The van der Waals surface area contributed by atoms with Crippen molar-refractivity contribution in [1.29, 1.82) is 0 Å². The lowest BCUT2D eigenvalue weighted by molar-refractivity contribution is -0.190. The summed E-state index contributed by atoms with van der Waals surface area (Å²) in [6.07, 6.45) is -2.54. The zero-order valence-corrected chi connectivity index (χ0v) is 8.84. The molecule has 2 heterocycles. The average Bonchev–Trinajstić information content (AvgIpc) is 2.87. The molecule has 2 fully saturated rings. The Bertz CT molecular complexity index is 350. The maximum atomic E-state index is 11.4. The van der Waals surface area contributed by atoms with Crippen LogP contribution in [0.25, 0.3) is 0 Å². The fourth-order valence-electron chi connectivity index (χ4n) is 1.20.